The van der Waals surface area contributed by atoms with Crippen LogP contribution >= 0.6 is 11.6 Å². The fourth-order valence-electron chi connectivity index (χ4n) is 3.41. The molecule has 1 aromatic rings. The monoisotopic (exact) mass is 309 g/mol. The first kappa shape index (κ1) is 16.3. The Morgan fingerprint density at radius 3 is 2.67 bits per heavy atom. The van der Waals surface area contributed by atoms with Crippen LogP contribution in [0.2, 0.25) is 5.02 Å². The summed E-state index contributed by atoms with van der Waals surface area (Å²) in [5.74, 6) is -0.641. The van der Waals surface area contributed by atoms with Crippen LogP contribution in [0.4, 0.5) is 0 Å². The van der Waals surface area contributed by atoms with Crippen LogP contribution in [0.5, 0.6) is 0 Å². The molecule has 3 nitrogen and oxygen atoms in total. The number of piperidine rings is 1. The Morgan fingerprint density at radius 2 is 2.10 bits per heavy atom. The molecule has 2 unspecified atom stereocenters. The Kier molecular flexibility index (Phi) is 5.28. The zero-order valence-corrected chi connectivity index (χ0v) is 13.6. The fraction of sp³-hybridized carbons (Fsp3) is 0.588. The number of nitrogens with zero attached hydrogens (tertiary/aromatic N) is 1. The highest BCUT2D eigenvalue weighted by molar-refractivity contribution is 6.30. The number of aliphatic carboxylic acids is 1. The average molecular weight is 310 g/mol. The standard InChI is InChI=1S/C17H24ClNO2/c1-3-9-17(16(20)21)10-4-11-19(12-17)13(2)14-5-7-15(18)8-6-14/h5-8,13H,3-4,9-12H2,1-2H3,(H,20,21). The summed E-state index contributed by atoms with van der Waals surface area (Å²) in [5.41, 5.74) is 0.616. The minimum Gasteiger partial charge on any atom is -0.481 e. The maximum Gasteiger partial charge on any atom is 0.310 e. The first-order valence-electron chi connectivity index (χ1n) is 7.71. The van der Waals surface area contributed by atoms with Crippen molar-refractivity contribution >= 4 is 17.6 Å². The molecule has 4 heteroatoms. The van der Waals surface area contributed by atoms with Crippen molar-refractivity contribution in [1.82, 2.24) is 4.90 Å². The molecule has 1 heterocycles. The molecule has 0 radical (unpaired) electrons. The van der Waals surface area contributed by atoms with Crippen molar-refractivity contribution in [2.24, 2.45) is 5.41 Å². The molecule has 0 saturated carbocycles. The van der Waals surface area contributed by atoms with Gasteiger partial charge in [-0.1, -0.05) is 37.1 Å². The minimum absolute atomic E-state index is 0.221. The minimum atomic E-state index is -0.641. The molecule has 0 aromatic heterocycles. The first-order chi connectivity index (χ1) is 9.98. The topological polar surface area (TPSA) is 40.5 Å². The van der Waals surface area contributed by atoms with E-state index in [2.05, 4.69) is 18.7 Å². The van der Waals surface area contributed by atoms with Crippen LogP contribution in [0.15, 0.2) is 24.3 Å². The van der Waals surface area contributed by atoms with Gasteiger partial charge in [0, 0.05) is 17.6 Å². The van der Waals surface area contributed by atoms with E-state index in [1.54, 1.807) is 0 Å². The zero-order chi connectivity index (χ0) is 15.5. The first-order valence-corrected chi connectivity index (χ1v) is 8.09. The normalized spacial score (nSPS) is 24.7. The SMILES string of the molecule is CCCC1(C(=O)O)CCCN(C(C)c2ccc(Cl)cc2)C1. The van der Waals surface area contributed by atoms with E-state index in [9.17, 15) is 9.90 Å². The average Bonchev–Trinajstić information content (AvgIpc) is 2.48. The number of carboxylic acid groups (broad SMARTS) is 1. The number of halogens is 1. The molecule has 1 aliphatic rings. The smallest absolute Gasteiger partial charge is 0.310 e. The predicted molar refractivity (Wildman–Crippen MR) is 85.7 cm³/mol. The summed E-state index contributed by atoms with van der Waals surface area (Å²) in [7, 11) is 0. The Morgan fingerprint density at radius 1 is 1.43 bits per heavy atom. The summed E-state index contributed by atoms with van der Waals surface area (Å²) >= 11 is 5.94. The highest BCUT2D eigenvalue weighted by Gasteiger charge is 2.42. The van der Waals surface area contributed by atoms with Crippen molar-refractivity contribution in [2.75, 3.05) is 13.1 Å². The molecule has 1 aliphatic heterocycles. The van der Waals surface area contributed by atoms with Gasteiger partial charge in [0.15, 0.2) is 0 Å². The Hall–Kier alpha value is -1.06. The van der Waals surface area contributed by atoms with Crippen LogP contribution in [0, 0.1) is 5.41 Å². The number of rotatable bonds is 5. The molecule has 1 saturated heterocycles. The number of carbonyl (C=O) groups is 1. The predicted octanol–water partition coefficient (Wildman–Crippen LogP) is 4.37. The number of hydrogen-bond acceptors (Lipinski definition) is 2. The summed E-state index contributed by atoms with van der Waals surface area (Å²) < 4.78 is 0. The van der Waals surface area contributed by atoms with E-state index in [-0.39, 0.29) is 6.04 Å². The molecule has 0 amide bonds. The van der Waals surface area contributed by atoms with Crippen molar-refractivity contribution in [3.05, 3.63) is 34.9 Å². The number of benzene rings is 1. The molecule has 1 N–H and O–H groups in total. The van der Waals surface area contributed by atoms with Crippen molar-refractivity contribution < 1.29 is 9.90 Å². The summed E-state index contributed by atoms with van der Waals surface area (Å²) in [4.78, 5) is 14.1. The molecule has 1 aromatic carbocycles. The highest BCUT2D eigenvalue weighted by Crippen LogP contribution is 2.38. The summed E-state index contributed by atoms with van der Waals surface area (Å²) in [6.45, 7) is 5.81. The number of hydrogen-bond donors (Lipinski definition) is 1. The molecular weight excluding hydrogens is 286 g/mol. The van der Waals surface area contributed by atoms with E-state index in [1.165, 1.54) is 5.56 Å². The van der Waals surface area contributed by atoms with E-state index >= 15 is 0 Å². The molecule has 2 rings (SSSR count). The maximum atomic E-state index is 11.8. The quantitative estimate of drug-likeness (QED) is 0.878. The third kappa shape index (κ3) is 3.58. The largest absolute Gasteiger partial charge is 0.481 e. The second-order valence-corrected chi connectivity index (χ2v) is 6.57. The van der Waals surface area contributed by atoms with E-state index in [0.29, 0.717) is 6.54 Å². The maximum absolute atomic E-state index is 11.8. The van der Waals surface area contributed by atoms with Crippen LogP contribution < -0.4 is 0 Å². The van der Waals surface area contributed by atoms with Gasteiger partial charge in [-0.25, -0.2) is 0 Å². The van der Waals surface area contributed by atoms with E-state index in [0.717, 1.165) is 37.3 Å². The third-order valence-corrected chi connectivity index (χ3v) is 4.94. The molecule has 1 fully saturated rings. The van der Waals surface area contributed by atoms with Gasteiger partial charge in [0.05, 0.1) is 5.41 Å². The third-order valence-electron chi connectivity index (χ3n) is 4.69. The fourth-order valence-corrected chi connectivity index (χ4v) is 3.54. The van der Waals surface area contributed by atoms with Gasteiger partial charge in [-0.15, -0.1) is 0 Å². The van der Waals surface area contributed by atoms with Gasteiger partial charge in [0.2, 0.25) is 0 Å². The molecule has 0 spiro atoms. The zero-order valence-electron chi connectivity index (χ0n) is 12.8. The Balaban J connectivity index is 2.16. The van der Waals surface area contributed by atoms with Crippen LogP contribution in [0.25, 0.3) is 0 Å². The Bertz CT molecular complexity index is 484. The van der Waals surface area contributed by atoms with Crippen LogP contribution in [-0.4, -0.2) is 29.1 Å². The van der Waals surface area contributed by atoms with E-state index < -0.39 is 11.4 Å². The van der Waals surface area contributed by atoms with Crippen molar-refractivity contribution in [2.45, 2.75) is 45.6 Å². The van der Waals surface area contributed by atoms with Gasteiger partial charge in [0.1, 0.15) is 0 Å². The second kappa shape index (κ2) is 6.80. The lowest BCUT2D eigenvalue weighted by atomic mass is 9.76. The highest BCUT2D eigenvalue weighted by atomic mass is 35.5. The lowest BCUT2D eigenvalue weighted by Crippen LogP contribution is -2.48. The van der Waals surface area contributed by atoms with Crippen molar-refractivity contribution in [3.8, 4) is 0 Å². The van der Waals surface area contributed by atoms with Gasteiger partial charge in [-0.2, -0.15) is 0 Å². The summed E-state index contributed by atoms with van der Waals surface area (Å²) in [5, 5.41) is 10.4. The number of likely N-dealkylation sites (tertiary alicyclic amines) is 1. The van der Waals surface area contributed by atoms with Crippen molar-refractivity contribution in [1.29, 1.82) is 0 Å². The number of carboxylic acids is 1. The summed E-state index contributed by atoms with van der Waals surface area (Å²) in [6, 6.07) is 8.08. The van der Waals surface area contributed by atoms with Crippen LogP contribution in [-0.2, 0) is 4.79 Å². The van der Waals surface area contributed by atoms with Crippen LogP contribution in [0.3, 0.4) is 0 Å². The molecule has 21 heavy (non-hydrogen) atoms. The van der Waals surface area contributed by atoms with Gasteiger partial charge >= 0.3 is 5.97 Å². The molecule has 0 aliphatic carbocycles. The lowest BCUT2D eigenvalue weighted by molar-refractivity contribution is -0.154. The van der Waals surface area contributed by atoms with Gasteiger partial charge < -0.3 is 5.11 Å². The van der Waals surface area contributed by atoms with Crippen molar-refractivity contribution in [3.63, 3.8) is 0 Å². The van der Waals surface area contributed by atoms with E-state index in [4.69, 9.17) is 11.6 Å². The molecule has 2 atom stereocenters. The lowest BCUT2D eigenvalue weighted by Gasteiger charge is -2.42. The molecule has 0 bridgehead atoms. The molecular formula is C17H24ClNO2. The second-order valence-electron chi connectivity index (χ2n) is 6.14. The van der Waals surface area contributed by atoms with Gasteiger partial charge in [0.25, 0.3) is 0 Å². The molecule has 116 valence electrons. The van der Waals surface area contributed by atoms with Crippen LogP contribution in [0.1, 0.15) is 51.1 Å². The van der Waals surface area contributed by atoms with Gasteiger partial charge in [-0.3, -0.25) is 9.69 Å². The summed E-state index contributed by atoms with van der Waals surface area (Å²) in [6.07, 6.45) is 3.41. The van der Waals surface area contributed by atoms with Gasteiger partial charge in [-0.05, 0) is 50.4 Å². The Labute approximate surface area is 131 Å². The van der Waals surface area contributed by atoms with E-state index in [1.807, 2.05) is 24.3 Å².